The third-order valence-corrected chi connectivity index (χ3v) is 6.36. The molecule has 3 heterocycles. The van der Waals surface area contributed by atoms with Crippen molar-refractivity contribution in [3.63, 3.8) is 0 Å². The van der Waals surface area contributed by atoms with Crippen molar-refractivity contribution in [1.82, 2.24) is 19.6 Å². The lowest BCUT2D eigenvalue weighted by molar-refractivity contribution is -0.137. The van der Waals surface area contributed by atoms with Gasteiger partial charge in [-0.3, -0.25) is 4.79 Å². The molecule has 0 unspecified atom stereocenters. The quantitative estimate of drug-likeness (QED) is 0.376. The summed E-state index contributed by atoms with van der Waals surface area (Å²) in [4.78, 5) is 30.4. The van der Waals surface area contributed by atoms with E-state index in [1.165, 1.54) is 10.8 Å². The van der Waals surface area contributed by atoms with Gasteiger partial charge in [-0.25, -0.2) is 9.18 Å². The van der Waals surface area contributed by atoms with Gasteiger partial charge in [-0.1, -0.05) is 41.6 Å². The monoisotopic (exact) mass is 528 g/mol. The number of aromatic nitrogens is 3. The molecule has 5 rings (SSSR count). The molecule has 1 aliphatic rings. The van der Waals surface area contributed by atoms with E-state index in [9.17, 15) is 32.3 Å². The third kappa shape index (κ3) is 5.01. The van der Waals surface area contributed by atoms with Crippen LogP contribution in [0.1, 0.15) is 33.8 Å². The van der Waals surface area contributed by atoms with Gasteiger partial charge in [0.25, 0.3) is 0 Å². The van der Waals surface area contributed by atoms with Gasteiger partial charge in [0, 0.05) is 36.0 Å². The zero-order valence-corrected chi connectivity index (χ0v) is 19.7. The lowest BCUT2D eigenvalue weighted by Crippen LogP contribution is -2.39. The van der Waals surface area contributed by atoms with Crippen molar-refractivity contribution in [2.75, 3.05) is 6.54 Å². The Balaban J connectivity index is 1.56. The second-order valence-electron chi connectivity index (χ2n) is 8.86. The van der Waals surface area contributed by atoms with Gasteiger partial charge in [0.2, 0.25) is 11.7 Å². The van der Waals surface area contributed by atoms with Crippen LogP contribution >= 0.6 is 0 Å². The molecule has 38 heavy (non-hydrogen) atoms. The summed E-state index contributed by atoms with van der Waals surface area (Å²) in [7, 11) is 0. The van der Waals surface area contributed by atoms with Gasteiger partial charge in [0.15, 0.2) is 5.43 Å². The Kier molecular flexibility index (Phi) is 6.47. The van der Waals surface area contributed by atoms with E-state index < -0.39 is 29.1 Å². The molecule has 12 heteroatoms. The summed E-state index contributed by atoms with van der Waals surface area (Å²) in [5.41, 5.74) is -0.111. The van der Waals surface area contributed by atoms with Crippen molar-refractivity contribution in [2.45, 2.75) is 32.1 Å². The van der Waals surface area contributed by atoms with E-state index in [1.807, 2.05) is 30.3 Å². The highest BCUT2D eigenvalue weighted by Gasteiger charge is 2.32. The second-order valence-corrected chi connectivity index (χ2v) is 8.86. The molecule has 0 radical (unpaired) electrons. The van der Waals surface area contributed by atoms with E-state index in [-0.39, 0.29) is 54.5 Å². The second kappa shape index (κ2) is 9.77. The molecule has 2 aromatic carbocycles. The molecule has 4 aromatic rings. The van der Waals surface area contributed by atoms with Crippen LogP contribution in [-0.2, 0) is 32.1 Å². The van der Waals surface area contributed by atoms with Crippen LogP contribution in [0.3, 0.4) is 0 Å². The van der Waals surface area contributed by atoms with E-state index in [4.69, 9.17) is 4.52 Å². The number of fused-ring (bicyclic) bond motifs is 1. The van der Waals surface area contributed by atoms with Crippen LogP contribution in [-0.4, -0.2) is 37.4 Å². The number of pyridine rings is 1. The van der Waals surface area contributed by atoms with E-state index in [0.29, 0.717) is 18.2 Å². The Morgan fingerprint density at radius 2 is 1.89 bits per heavy atom. The maximum absolute atomic E-state index is 14.7. The largest absolute Gasteiger partial charge is 0.465 e. The summed E-state index contributed by atoms with van der Waals surface area (Å²) in [5, 5.41) is 13.4. The lowest BCUT2D eigenvalue weighted by Gasteiger charge is -2.29. The summed E-state index contributed by atoms with van der Waals surface area (Å²) in [6.07, 6.45) is -4.02. The van der Waals surface area contributed by atoms with Crippen LogP contribution in [0.5, 0.6) is 0 Å². The van der Waals surface area contributed by atoms with Gasteiger partial charge in [0.1, 0.15) is 5.82 Å². The van der Waals surface area contributed by atoms with Gasteiger partial charge in [-0.05, 0) is 17.7 Å². The molecule has 0 saturated carbocycles. The van der Waals surface area contributed by atoms with E-state index in [2.05, 4.69) is 10.1 Å². The van der Waals surface area contributed by atoms with Crippen molar-refractivity contribution in [1.29, 1.82) is 0 Å². The van der Waals surface area contributed by atoms with Crippen LogP contribution in [0.15, 0.2) is 64.0 Å². The summed E-state index contributed by atoms with van der Waals surface area (Å²) in [5.74, 6) is -0.838. The maximum atomic E-state index is 14.7. The van der Waals surface area contributed by atoms with Gasteiger partial charge in [-0.15, -0.1) is 0 Å². The fourth-order valence-electron chi connectivity index (χ4n) is 4.43. The normalized spacial score (nSPS) is 13.4. The number of amides is 1. The Morgan fingerprint density at radius 3 is 2.58 bits per heavy atom. The Bertz CT molecular complexity index is 1560. The minimum absolute atomic E-state index is 0.00590. The number of carboxylic acid groups (broad SMARTS) is 1. The number of rotatable bonds is 5. The number of hydrogen-bond acceptors (Lipinski definition) is 5. The van der Waals surface area contributed by atoms with Crippen LogP contribution in [0.25, 0.3) is 11.4 Å². The summed E-state index contributed by atoms with van der Waals surface area (Å²) in [6.45, 7) is -0.303. The zero-order chi connectivity index (χ0) is 27.0. The topological polar surface area (TPSA) is 101 Å². The zero-order valence-electron chi connectivity index (χ0n) is 19.7. The number of halogens is 4. The smallest absolute Gasteiger partial charge is 0.416 e. The van der Waals surface area contributed by atoms with Crippen LogP contribution in [0.4, 0.5) is 22.4 Å². The molecular formula is C26H20F4N4O4. The molecule has 1 N–H and O–H groups in total. The van der Waals surface area contributed by atoms with Crippen LogP contribution in [0.2, 0.25) is 0 Å². The minimum atomic E-state index is -4.70. The minimum Gasteiger partial charge on any atom is -0.465 e. The molecule has 2 aromatic heterocycles. The Morgan fingerprint density at radius 1 is 1.13 bits per heavy atom. The van der Waals surface area contributed by atoms with Crippen molar-refractivity contribution in [2.24, 2.45) is 0 Å². The van der Waals surface area contributed by atoms with Crippen LogP contribution < -0.4 is 5.43 Å². The fourth-order valence-corrected chi connectivity index (χ4v) is 4.43. The predicted octanol–water partition coefficient (Wildman–Crippen LogP) is 4.73. The summed E-state index contributed by atoms with van der Waals surface area (Å²) >= 11 is 0. The number of benzene rings is 2. The molecule has 196 valence electrons. The van der Waals surface area contributed by atoms with Gasteiger partial charge < -0.3 is 19.1 Å². The SMILES string of the molecule is O=C(O)N1CCc2c(c(=O)c(-c3noc(Cc4ccccc4)n3)cn2Cc2ccc(C(F)(F)F)cc2F)C1. The third-order valence-electron chi connectivity index (χ3n) is 6.36. The number of nitrogens with zero attached hydrogens (tertiary/aromatic N) is 4. The highest BCUT2D eigenvalue weighted by Crippen LogP contribution is 2.31. The van der Waals surface area contributed by atoms with Gasteiger partial charge in [0.05, 0.1) is 30.6 Å². The molecule has 0 atom stereocenters. The molecule has 0 bridgehead atoms. The molecule has 1 aliphatic heterocycles. The van der Waals surface area contributed by atoms with Gasteiger partial charge >= 0.3 is 12.3 Å². The fraction of sp³-hybridized carbons (Fsp3) is 0.231. The van der Waals surface area contributed by atoms with Crippen molar-refractivity contribution in [3.05, 3.63) is 105 Å². The average molecular weight is 528 g/mol. The highest BCUT2D eigenvalue weighted by molar-refractivity contribution is 5.66. The van der Waals surface area contributed by atoms with Crippen LogP contribution in [0, 0.1) is 5.82 Å². The maximum Gasteiger partial charge on any atom is 0.416 e. The average Bonchev–Trinajstić information content (AvgIpc) is 3.34. The molecular weight excluding hydrogens is 508 g/mol. The molecule has 0 saturated heterocycles. The number of carbonyl (C=O) groups is 1. The first-order valence-electron chi connectivity index (χ1n) is 11.6. The Labute approximate surface area is 212 Å². The molecule has 1 amide bonds. The van der Waals surface area contributed by atoms with E-state index in [1.54, 1.807) is 0 Å². The first kappa shape index (κ1) is 25.2. The molecule has 0 spiro atoms. The van der Waals surface area contributed by atoms with Crippen molar-refractivity contribution < 1.29 is 32.0 Å². The van der Waals surface area contributed by atoms with Crippen molar-refractivity contribution in [3.8, 4) is 11.4 Å². The Hall–Kier alpha value is -4.48. The summed E-state index contributed by atoms with van der Waals surface area (Å²) in [6, 6.07) is 11.6. The van der Waals surface area contributed by atoms with Gasteiger partial charge in [-0.2, -0.15) is 18.2 Å². The number of alkyl halides is 3. The molecule has 0 aliphatic carbocycles. The molecule has 0 fully saturated rings. The van der Waals surface area contributed by atoms with E-state index >= 15 is 0 Å². The number of hydrogen-bond donors (Lipinski definition) is 1. The first-order chi connectivity index (χ1) is 18.1. The lowest BCUT2D eigenvalue weighted by atomic mass is 10.0. The highest BCUT2D eigenvalue weighted by atomic mass is 19.4. The molecule has 8 nitrogen and oxygen atoms in total. The first-order valence-corrected chi connectivity index (χ1v) is 11.6. The van der Waals surface area contributed by atoms with E-state index in [0.717, 1.165) is 22.6 Å². The predicted molar refractivity (Wildman–Crippen MR) is 126 cm³/mol. The standard InChI is InChI=1S/C26H20F4N4O4/c27-20-11-17(26(28,29)30)7-6-16(20)12-34-14-19(23(35)18-13-33(25(36)37)9-8-21(18)34)24-31-22(38-32-24)10-15-4-2-1-3-5-15/h1-7,11,14H,8-10,12-13H2,(H,36,37). The van der Waals surface area contributed by atoms with Crippen molar-refractivity contribution >= 4 is 6.09 Å². The summed E-state index contributed by atoms with van der Waals surface area (Å²) < 4.78 is 60.5.